The third-order valence-corrected chi connectivity index (χ3v) is 4.08. The highest BCUT2D eigenvalue weighted by molar-refractivity contribution is 5.92. The van der Waals surface area contributed by atoms with E-state index in [1.54, 1.807) is 26.4 Å². The topological polar surface area (TPSA) is 97.4 Å². The number of aromatic nitrogens is 2. The van der Waals surface area contributed by atoms with Gasteiger partial charge >= 0.3 is 6.03 Å². The molecule has 2 amide bonds. The summed E-state index contributed by atoms with van der Waals surface area (Å²) in [6, 6.07) is 12.7. The summed E-state index contributed by atoms with van der Waals surface area (Å²) in [7, 11) is 3.11. The fourth-order valence-corrected chi connectivity index (χ4v) is 2.66. The SMILES string of the molecule is COc1cc2ncnc(NNC(=O)NC(C)c3ccccc3)c2cc1OC. The fourth-order valence-electron chi connectivity index (χ4n) is 2.66. The molecular weight excluding hydrogens is 346 g/mol. The summed E-state index contributed by atoms with van der Waals surface area (Å²) in [5.41, 5.74) is 7.09. The van der Waals surface area contributed by atoms with Crippen molar-refractivity contribution < 1.29 is 14.3 Å². The van der Waals surface area contributed by atoms with Crippen LogP contribution in [0.4, 0.5) is 10.6 Å². The summed E-state index contributed by atoms with van der Waals surface area (Å²) in [4.78, 5) is 20.6. The first-order valence-corrected chi connectivity index (χ1v) is 8.36. The van der Waals surface area contributed by atoms with E-state index >= 15 is 0 Å². The Balaban J connectivity index is 1.72. The van der Waals surface area contributed by atoms with E-state index in [2.05, 4.69) is 26.1 Å². The average molecular weight is 367 g/mol. The molecule has 1 atom stereocenters. The quantitative estimate of drug-likeness (QED) is 0.580. The second-order valence-corrected chi connectivity index (χ2v) is 5.80. The molecule has 0 radical (unpaired) electrons. The van der Waals surface area contributed by atoms with E-state index < -0.39 is 0 Å². The Bertz CT molecular complexity index is 933. The lowest BCUT2D eigenvalue weighted by Gasteiger charge is -2.16. The molecule has 0 aliphatic heterocycles. The lowest BCUT2D eigenvalue weighted by atomic mass is 10.1. The third-order valence-electron chi connectivity index (χ3n) is 4.08. The number of rotatable bonds is 6. The van der Waals surface area contributed by atoms with Crippen molar-refractivity contribution in [1.29, 1.82) is 0 Å². The van der Waals surface area contributed by atoms with E-state index in [0.717, 1.165) is 5.56 Å². The number of methoxy groups -OCH3 is 2. The molecule has 140 valence electrons. The summed E-state index contributed by atoms with van der Waals surface area (Å²) >= 11 is 0. The molecule has 0 spiro atoms. The molecule has 3 aromatic rings. The molecule has 8 nitrogen and oxygen atoms in total. The van der Waals surface area contributed by atoms with Crippen molar-refractivity contribution in [3.05, 3.63) is 54.4 Å². The summed E-state index contributed by atoms with van der Waals surface area (Å²) in [5.74, 6) is 1.56. The zero-order valence-corrected chi connectivity index (χ0v) is 15.3. The second-order valence-electron chi connectivity index (χ2n) is 5.80. The molecule has 1 heterocycles. The van der Waals surface area contributed by atoms with E-state index in [4.69, 9.17) is 9.47 Å². The maximum absolute atomic E-state index is 12.2. The Labute approximate surface area is 156 Å². The van der Waals surface area contributed by atoms with Crippen molar-refractivity contribution in [3.8, 4) is 11.5 Å². The Morgan fingerprint density at radius 3 is 2.44 bits per heavy atom. The number of anilines is 1. The Kier molecular flexibility index (Phi) is 5.55. The second kappa shape index (κ2) is 8.22. The van der Waals surface area contributed by atoms with Crippen LogP contribution in [0.25, 0.3) is 10.9 Å². The highest BCUT2D eigenvalue weighted by Gasteiger charge is 2.12. The van der Waals surface area contributed by atoms with Gasteiger partial charge in [-0.15, -0.1) is 0 Å². The van der Waals surface area contributed by atoms with Gasteiger partial charge in [0.25, 0.3) is 0 Å². The van der Waals surface area contributed by atoms with E-state index in [1.807, 2.05) is 37.3 Å². The van der Waals surface area contributed by atoms with Crippen LogP contribution in [0.1, 0.15) is 18.5 Å². The molecule has 0 aliphatic carbocycles. The standard InChI is InChI=1S/C19H21N5O3/c1-12(13-7-5-4-6-8-13)22-19(25)24-23-18-14-9-16(26-2)17(27-3)10-15(14)20-11-21-18/h4-12H,1-3H3,(H,20,21,23)(H2,22,24,25). The number of hydrazine groups is 1. The number of carbonyl (C=O) groups excluding carboxylic acids is 1. The lowest BCUT2D eigenvalue weighted by molar-refractivity contribution is 0.240. The minimum absolute atomic E-state index is 0.139. The maximum atomic E-state index is 12.2. The molecule has 2 aromatic carbocycles. The van der Waals surface area contributed by atoms with Crippen molar-refractivity contribution in [2.24, 2.45) is 0 Å². The van der Waals surface area contributed by atoms with Crippen molar-refractivity contribution in [2.75, 3.05) is 19.6 Å². The summed E-state index contributed by atoms with van der Waals surface area (Å²) in [5, 5.41) is 3.54. The van der Waals surface area contributed by atoms with E-state index in [1.165, 1.54) is 6.33 Å². The lowest BCUT2D eigenvalue weighted by Crippen LogP contribution is -2.40. The highest BCUT2D eigenvalue weighted by atomic mass is 16.5. The van der Waals surface area contributed by atoms with Gasteiger partial charge in [-0.25, -0.2) is 14.8 Å². The van der Waals surface area contributed by atoms with Gasteiger partial charge in [-0.1, -0.05) is 30.3 Å². The van der Waals surface area contributed by atoms with Gasteiger partial charge in [0.15, 0.2) is 17.3 Å². The van der Waals surface area contributed by atoms with Crippen LogP contribution in [-0.4, -0.2) is 30.2 Å². The maximum Gasteiger partial charge on any atom is 0.333 e. The summed E-state index contributed by atoms with van der Waals surface area (Å²) in [6.07, 6.45) is 1.41. The van der Waals surface area contributed by atoms with Crippen LogP contribution in [0, 0.1) is 0 Å². The van der Waals surface area contributed by atoms with E-state index in [0.29, 0.717) is 28.2 Å². The van der Waals surface area contributed by atoms with Gasteiger partial charge < -0.3 is 14.8 Å². The molecule has 0 saturated carbocycles. The van der Waals surface area contributed by atoms with Crippen LogP contribution >= 0.6 is 0 Å². The van der Waals surface area contributed by atoms with Crippen LogP contribution in [0.15, 0.2) is 48.8 Å². The first-order chi connectivity index (χ1) is 13.1. The van der Waals surface area contributed by atoms with Gasteiger partial charge in [-0.2, -0.15) is 0 Å². The normalized spacial score (nSPS) is 11.5. The van der Waals surface area contributed by atoms with Gasteiger partial charge in [0.05, 0.1) is 25.8 Å². The van der Waals surface area contributed by atoms with Crippen molar-refractivity contribution in [2.45, 2.75) is 13.0 Å². The molecule has 3 rings (SSSR count). The Morgan fingerprint density at radius 2 is 1.74 bits per heavy atom. The molecule has 8 heteroatoms. The Morgan fingerprint density at radius 1 is 1.04 bits per heavy atom. The first-order valence-electron chi connectivity index (χ1n) is 8.36. The van der Waals surface area contributed by atoms with E-state index in [9.17, 15) is 4.79 Å². The smallest absolute Gasteiger partial charge is 0.333 e. The Hall–Kier alpha value is -3.55. The number of hydrogen-bond donors (Lipinski definition) is 3. The van der Waals surface area contributed by atoms with Gasteiger partial charge in [0, 0.05) is 11.5 Å². The number of amides is 2. The molecule has 27 heavy (non-hydrogen) atoms. The van der Waals surface area contributed by atoms with Crippen molar-refractivity contribution in [3.63, 3.8) is 0 Å². The van der Waals surface area contributed by atoms with Gasteiger partial charge in [0.1, 0.15) is 6.33 Å². The molecule has 0 saturated heterocycles. The number of nitrogens with zero attached hydrogens (tertiary/aromatic N) is 2. The predicted molar refractivity (Wildman–Crippen MR) is 103 cm³/mol. The van der Waals surface area contributed by atoms with Crippen LogP contribution in [0.3, 0.4) is 0 Å². The average Bonchev–Trinajstić information content (AvgIpc) is 2.71. The van der Waals surface area contributed by atoms with Crippen LogP contribution in [-0.2, 0) is 0 Å². The number of ether oxygens (including phenoxy) is 2. The third kappa shape index (κ3) is 4.17. The monoisotopic (exact) mass is 367 g/mol. The minimum Gasteiger partial charge on any atom is -0.493 e. The molecule has 3 N–H and O–H groups in total. The largest absolute Gasteiger partial charge is 0.493 e. The molecule has 1 unspecified atom stereocenters. The zero-order valence-electron chi connectivity index (χ0n) is 15.3. The number of benzene rings is 2. The van der Waals surface area contributed by atoms with E-state index in [-0.39, 0.29) is 12.1 Å². The number of urea groups is 1. The van der Waals surface area contributed by atoms with Crippen LogP contribution in [0.2, 0.25) is 0 Å². The van der Waals surface area contributed by atoms with Gasteiger partial charge in [-0.05, 0) is 18.6 Å². The number of hydrogen-bond acceptors (Lipinski definition) is 6. The molecule has 0 fully saturated rings. The first kappa shape index (κ1) is 18.2. The minimum atomic E-state index is -0.376. The number of nitrogens with one attached hydrogen (secondary N) is 3. The molecule has 1 aromatic heterocycles. The highest BCUT2D eigenvalue weighted by Crippen LogP contribution is 2.33. The number of carbonyl (C=O) groups is 1. The van der Waals surface area contributed by atoms with Crippen LogP contribution < -0.4 is 25.6 Å². The summed E-state index contributed by atoms with van der Waals surface area (Å²) in [6.45, 7) is 1.91. The summed E-state index contributed by atoms with van der Waals surface area (Å²) < 4.78 is 10.6. The number of fused-ring (bicyclic) bond motifs is 1. The zero-order chi connectivity index (χ0) is 19.2. The van der Waals surface area contributed by atoms with Gasteiger partial charge in [0.2, 0.25) is 0 Å². The molecular formula is C19H21N5O3. The van der Waals surface area contributed by atoms with Crippen molar-refractivity contribution >= 4 is 22.8 Å². The van der Waals surface area contributed by atoms with Gasteiger partial charge in [-0.3, -0.25) is 10.9 Å². The predicted octanol–water partition coefficient (Wildman–Crippen LogP) is 3.03. The molecule has 0 bridgehead atoms. The van der Waals surface area contributed by atoms with Crippen LogP contribution in [0.5, 0.6) is 11.5 Å². The molecule has 0 aliphatic rings. The van der Waals surface area contributed by atoms with Crippen molar-refractivity contribution in [1.82, 2.24) is 20.7 Å². The fraction of sp³-hybridized carbons (Fsp3) is 0.211.